The highest BCUT2D eigenvalue weighted by molar-refractivity contribution is 7.30. The number of hydrogen-bond donors (Lipinski definition) is 2. The largest absolute Gasteiger partial charge is 0.456 e. The highest BCUT2D eigenvalue weighted by Gasteiger charge is 2.29. The summed E-state index contributed by atoms with van der Waals surface area (Å²) in [5.41, 5.74) is 0. The van der Waals surface area contributed by atoms with Gasteiger partial charge in [-0.15, -0.1) is 0 Å². The molecule has 0 aliphatic heterocycles. The number of hydrogen-bond acceptors (Lipinski definition) is 3. The van der Waals surface area contributed by atoms with Gasteiger partial charge in [-0.05, 0) is 6.42 Å². The van der Waals surface area contributed by atoms with Crippen molar-refractivity contribution in [2.24, 2.45) is 0 Å². The van der Waals surface area contributed by atoms with Gasteiger partial charge in [0.15, 0.2) is 6.61 Å². The van der Waals surface area contributed by atoms with E-state index in [0.717, 1.165) is 0 Å². The van der Waals surface area contributed by atoms with Gasteiger partial charge >= 0.3 is 20.4 Å². The molecule has 0 bridgehead atoms. The predicted molar refractivity (Wildman–Crippen MR) is 45.4 cm³/mol. The molecule has 2 N–H and O–H groups in total. The van der Waals surface area contributed by atoms with E-state index in [2.05, 4.69) is 4.74 Å². The van der Waals surface area contributed by atoms with E-state index >= 15 is 0 Å². The van der Waals surface area contributed by atoms with Crippen molar-refractivity contribution in [3.8, 4) is 0 Å². The molecule has 9 heteroatoms. The van der Waals surface area contributed by atoms with Crippen molar-refractivity contribution >= 4 is 14.2 Å². The molecule has 92 valence electrons. The molecule has 0 unspecified atom stereocenters. The molecule has 0 aromatic heterocycles. The Morgan fingerprint density at radius 2 is 1.80 bits per heavy atom. The fourth-order valence-electron chi connectivity index (χ4n) is 0.439. The summed E-state index contributed by atoms with van der Waals surface area (Å²) in [4.78, 5) is 24.7. The lowest BCUT2D eigenvalue weighted by atomic mass is 10.3. The summed E-state index contributed by atoms with van der Waals surface area (Å²) >= 11 is 0. The molecule has 5 nitrogen and oxygen atoms in total. The highest BCUT2D eigenvalue weighted by Crippen LogP contribution is 2.14. The lowest BCUT2D eigenvalue weighted by Crippen LogP contribution is -2.19. The van der Waals surface area contributed by atoms with E-state index in [4.69, 9.17) is 14.4 Å². The molecule has 0 heterocycles. The van der Waals surface area contributed by atoms with Crippen LogP contribution in [0.5, 0.6) is 0 Å². The summed E-state index contributed by atoms with van der Waals surface area (Å²) in [5.74, 6) is -0.801. The van der Waals surface area contributed by atoms with Gasteiger partial charge in [-0.1, -0.05) is 6.92 Å². The number of halogens is 3. The van der Waals surface area contributed by atoms with Crippen molar-refractivity contribution in [1.29, 1.82) is 0 Å². The van der Waals surface area contributed by atoms with E-state index < -0.39 is 27.0 Å². The molecule has 0 rings (SSSR count). The van der Waals surface area contributed by atoms with Crippen LogP contribution in [0, 0.1) is 0 Å². The van der Waals surface area contributed by atoms with Crippen molar-refractivity contribution in [2.75, 3.05) is 6.61 Å². The zero-order valence-corrected chi connectivity index (χ0v) is 8.87. The molecular weight excluding hydrogens is 240 g/mol. The molecule has 0 amide bonds. The van der Waals surface area contributed by atoms with Crippen LogP contribution >= 0.6 is 8.25 Å². The number of rotatable bonds is 3. The molecule has 0 saturated heterocycles. The van der Waals surface area contributed by atoms with Gasteiger partial charge < -0.3 is 14.5 Å². The molecule has 0 fully saturated rings. The average Bonchev–Trinajstić information content (AvgIpc) is 1.99. The first-order valence-electron chi connectivity index (χ1n) is 3.83. The van der Waals surface area contributed by atoms with Crippen molar-refractivity contribution in [3.05, 3.63) is 0 Å². The van der Waals surface area contributed by atoms with Crippen molar-refractivity contribution < 1.29 is 37.1 Å². The number of esters is 1. The first kappa shape index (κ1) is 16.8. The van der Waals surface area contributed by atoms with E-state index in [1.807, 2.05) is 0 Å². The van der Waals surface area contributed by atoms with E-state index in [-0.39, 0.29) is 6.42 Å². The summed E-state index contributed by atoms with van der Waals surface area (Å²) in [6.07, 6.45) is -3.88. The number of alkyl halides is 3. The summed E-state index contributed by atoms with van der Waals surface area (Å²) in [6.45, 7) is 0.209. The van der Waals surface area contributed by atoms with Gasteiger partial charge in [0.2, 0.25) is 0 Å². The van der Waals surface area contributed by atoms with Crippen molar-refractivity contribution in [1.82, 2.24) is 0 Å². The summed E-state index contributed by atoms with van der Waals surface area (Å²) < 4.78 is 46.8. The molecule has 0 aromatic carbocycles. The smallest absolute Gasteiger partial charge is 0.422 e. The van der Waals surface area contributed by atoms with Crippen molar-refractivity contribution in [2.45, 2.75) is 25.9 Å². The van der Waals surface area contributed by atoms with E-state index in [1.54, 1.807) is 6.92 Å². The van der Waals surface area contributed by atoms with Gasteiger partial charge in [0.1, 0.15) is 0 Å². The van der Waals surface area contributed by atoms with Crippen LogP contribution in [-0.4, -0.2) is 28.5 Å². The number of carbonyl (C=O) groups is 1. The lowest BCUT2D eigenvalue weighted by Gasteiger charge is -2.06. The fraction of sp³-hybridized carbons (Fsp3) is 0.833. The van der Waals surface area contributed by atoms with Gasteiger partial charge in [0.25, 0.3) is 0 Å². The van der Waals surface area contributed by atoms with Crippen molar-refractivity contribution in [3.63, 3.8) is 0 Å². The monoisotopic (exact) mass is 252 g/mol. The molecule has 0 aliphatic rings. The quantitative estimate of drug-likeness (QED) is 0.583. The number of ether oxygens (including phenoxy) is 1. The van der Waals surface area contributed by atoms with Crippen LogP contribution < -0.4 is 0 Å². The standard InChI is InChI=1S/C6H9F3O2.H3O3P/c1-2-3-5(10)11-4-6(7,8)9;1-4(2)3/h2-4H2,1H3;4H,(H2,1,2,3). The van der Waals surface area contributed by atoms with Crippen LogP contribution in [0.15, 0.2) is 0 Å². The molecule has 0 spiro atoms. The summed E-state index contributed by atoms with van der Waals surface area (Å²) in [7, 11) is -3.13. The maximum absolute atomic E-state index is 11.4. The van der Waals surface area contributed by atoms with Crippen LogP contribution in [0.3, 0.4) is 0 Å². The Bertz CT molecular complexity index is 201. The van der Waals surface area contributed by atoms with Crippen LogP contribution in [0.4, 0.5) is 13.2 Å². The van der Waals surface area contributed by atoms with E-state index in [0.29, 0.717) is 6.42 Å². The Hall–Kier alpha value is -0.590. The summed E-state index contributed by atoms with van der Waals surface area (Å²) in [6, 6.07) is 0. The molecule has 0 atom stereocenters. The Morgan fingerprint density at radius 3 is 2.07 bits per heavy atom. The third kappa shape index (κ3) is 24.7. The van der Waals surface area contributed by atoms with Gasteiger partial charge in [0, 0.05) is 6.42 Å². The SMILES string of the molecule is CCCC(=O)OCC(F)(F)F.O=[PH](O)O. The second-order valence-corrected chi connectivity index (χ2v) is 2.87. The Labute approximate surface area is 84.8 Å². The van der Waals surface area contributed by atoms with Gasteiger partial charge in [0.05, 0.1) is 0 Å². The second kappa shape index (κ2) is 8.70. The first-order chi connectivity index (χ1) is 6.69. The average molecular weight is 252 g/mol. The molecule has 0 aliphatic carbocycles. The van der Waals surface area contributed by atoms with Crippen LogP contribution in [0.1, 0.15) is 19.8 Å². The van der Waals surface area contributed by atoms with Gasteiger partial charge in [-0.25, -0.2) is 0 Å². The second-order valence-electron chi connectivity index (χ2n) is 2.31. The maximum Gasteiger partial charge on any atom is 0.422 e. The minimum atomic E-state index is -4.41. The first-order valence-corrected chi connectivity index (χ1v) is 5.13. The summed E-state index contributed by atoms with van der Waals surface area (Å²) in [5, 5.41) is 0. The van der Waals surface area contributed by atoms with Crippen LogP contribution in [0.2, 0.25) is 0 Å². The predicted octanol–water partition coefficient (Wildman–Crippen LogP) is 1.25. The van der Waals surface area contributed by atoms with Gasteiger partial charge in [-0.2, -0.15) is 13.2 Å². The van der Waals surface area contributed by atoms with E-state index in [9.17, 15) is 18.0 Å². The topological polar surface area (TPSA) is 83.8 Å². The Balaban J connectivity index is 0. The lowest BCUT2D eigenvalue weighted by molar-refractivity contribution is -0.186. The zero-order valence-electron chi connectivity index (χ0n) is 7.87. The maximum atomic E-state index is 11.4. The Morgan fingerprint density at radius 1 is 1.40 bits per heavy atom. The molecule has 0 aromatic rings. The van der Waals surface area contributed by atoms with Crippen LogP contribution in [0.25, 0.3) is 0 Å². The molecular formula is C6H12F3O5P. The van der Waals surface area contributed by atoms with Crippen LogP contribution in [-0.2, 0) is 14.1 Å². The Kier molecular flexibility index (Phi) is 9.76. The minimum Gasteiger partial charge on any atom is -0.456 e. The zero-order chi connectivity index (χ0) is 12.5. The molecule has 0 radical (unpaired) electrons. The molecule has 15 heavy (non-hydrogen) atoms. The normalized spacial score (nSPS) is 10.6. The molecule has 0 saturated carbocycles. The number of carbonyl (C=O) groups excluding carboxylic acids is 1. The highest BCUT2D eigenvalue weighted by atomic mass is 31.1. The van der Waals surface area contributed by atoms with E-state index in [1.165, 1.54) is 0 Å². The fourth-order valence-corrected chi connectivity index (χ4v) is 0.439. The van der Waals surface area contributed by atoms with Gasteiger partial charge in [-0.3, -0.25) is 9.36 Å². The minimum absolute atomic E-state index is 0.0378. The third-order valence-electron chi connectivity index (χ3n) is 0.851. The third-order valence-corrected chi connectivity index (χ3v) is 0.851.